The first-order valence-corrected chi connectivity index (χ1v) is 21.6. The lowest BCUT2D eigenvalue weighted by molar-refractivity contribution is -0.132. The molecule has 0 aromatic rings. The molecule has 8 atom stereocenters. The van der Waals surface area contributed by atoms with E-state index in [1.807, 2.05) is 4.90 Å². The SMILES string of the molecule is CC(C)CCC[C@@H](C)[C@H]1CC[C@H]2[C@@H]3CC=C4C[C@@H](OC(=O)NCCOCCOCCOCCC(=O)N(CCCN)CCCN)CC[C@]4(C)[C@H]3CC[C@]12C. The summed E-state index contributed by atoms with van der Waals surface area (Å²) in [6, 6.07) is 0. The van der Waals surface area contributed by atoms with Crippen LogP contribution in [0, 0.1) is 46.3 Å². The summed E-state index contributed by atoms with van der Waals surface area (Å²) in [5, 5.41) is 2.87. The standard InChI is InChI=1S/C43H78N4O6/c1-32(2)9-6-10-33(3)37-13-14-38-36-12-11-34-31-35(15-18-42(34,4)39(36)16-19-43(37,38)5)53-41(49)46-22-26-51-28-30-52-29-27-50-25-17-40(48)47(23-7-20-44)24-8-21-45/h11,32-33,35-39H,6-10,12-31,44-45H2,1-5H3,(H,46,49)/t33-,35+,36+,37-,38+,39+,42+,43-/m1/s1. The molecule has 2 amide bonds. The van der Waals surface area contributed by atoms with E-state index >= 15 is 0 Å². The van der Waals surface area contributed by atoms with Crippen LogP contribution in [0.2, 0.25) is 0 Å². The van der Waals surface area contributed by atoms with Gasteiger partial charge >= 0.3 is 6.09 Å². The zero-order chi connectivity index (χ0) is 38.3. The summed E-state index contributed by atoms with van der Waals surface area (Å²) in [5.41, 5.74) is 13.5. The third-order valence-corrected chi connectivity index (χ3v) is 13.9. The van der Waals surface area contributed by atoms with E-state index in [1.54, 1.807) is 5.57 Å². The third kappa shape index (κ3) is 12.4. The molecule has 5 N–H and O–H groups in total. The van der Waals surface area contributed by atoms with Gasteiger partial charge in [-0.25, -0.2) is 4.79 Å². The second-order valence-corrected chi connectivity index (χ2v) is 17.7. The Labute approximate surface area is 322 Å². The molecule has 4 aliphatic rings. The lowest BCUT2D eigenvalue weighted by atomic mass is 9.47. The van der Waals surface area contributed by atoms with E-state index < -0.39 is 0 Å². The quantitative estimate of drug-likeness (QED) is 0.0704. The zero-order valence-electron chi connectivity index (χ0n) is 34.3. The molecular weight excluding hydrogens is 668 g/mol. The number of hydrogen-bond acceptors (Lipinski definition) is 8. The first-order valence-electron chi connectivity index (χ1n) is 21.6. The average molecular weight is 747 g/mol. The van der Waals surface area contributed by atoms with Crippen molar-refractivity contribution in [1.82, 2.24) is 10.2 Å². The van der Waals surface area contributed by atoms with Crippen molar-refractivity contribution in [2.24, 2.45) is 57.8 Å². The van der Waals surface area contributed by atoms with Crippen LogP contribution in [-0.4, -0.2) is 95.4 Å². The molecule has 0 aromatic heterocycles. The van der Waals surface area contributed by atoms with Crippen LogP contribution in [0.4, 0.5) is 4.79 Å². The van der Waals surface area contributed by atoms with E-state index in [9.17, 15) is 9.59 Å². The molecule has 4 rings (SSSR count). The fraction of sp³-hybridized carbons (Fsp3) is 0.907. The molecule has 3 fully saturated rings. The van der Waals surface area contributed by atoms with Gasteiger partial charge in [0.05, 0.1) is 46.1 Å². The minimum atomic E-state index is -0.349. The Morgan fingerprint density at radius 1 is 0.849 bits per heavy atom. The summed E-state index contributed by atoms with van der Waals surface area (Å²) in [4.78, 5) is 26.9. The van der Waals surface area contributed by atoms with Crippen molar-refractivity contribution < 1.29 is 28.5 Å². The summed E-state index contributed by atoms with van der Waals surface area (Å²) in [6.07, 6.45) is 18.0. The van der Waals surface area contributed by atoms with E-state index in [0.717, 1.165) is 67.6 Å². The van der Waals surface area contributed by atoms with Crippen LogP contribution < -0.4 is 16.8 Å². The summed E-state index contributed by atoms with van der Waals surface area (Å²) in [7, 11) is 0. The van der Waals surface area contributed by atoms with Gasteiger partial charge in [-0.05, 0) is 117 Å². The Morgan fingerprint density at radius 3 is 2.21 bits per heavy atom. The van der Waals surface area contributed by atoms with Crippen molar-refractivity contribution in [2.45, 2.75) is 131 Å². The van der Waals surface area contributed by atoms with Crippen molar-refractivity contribution >= 4 is 12.0 Å². The van der Waals surface area contributed by atoms with Gasteiger partial charge in [-0.3, -0.25) is 4.79 Å². The van der Waals surface area contributed by atoms with Crippen LogP contribution in [0.15, 0.2) is 11.6 Å². The molecule has 10 heteroatoms. The molecule has 0 spiro atoms. The number of nitrogens with one attached hydrogen (secondary N) is 1. The van der Waals surface area contributed by atoms with Crippen molar-refractivity contribution in [1.29, 1.82) is 0 Å². The van der Waals surface area contributed by atoms with E-state index in [-0.39, 0.29) is 23.5 Å². The number of hydrogen-bond donors (Lipinski definition) is 3. The Kier molecular flexibility index (Phi) is 18.4. The van der Waals surface area contributed by atoms with Gasteiger partial charge in [-0.15, -0.1) is 0 Å². The molecule has 0 radical (unpaired) electrons. The molecular formula is C43H78N4O6. The van der Waals surface area contributed by atoms with Crippen LogP contribution in [0.1, 0.15) is 125 Å². The molecule has 10 nitrogen and oxygen atoms in total. The van der Waals surface area contributed by atoms with Crippen LogP contribution in [0.3, 0.4) is 0 Å². The maximum Gasteiger partial charge on any atom is 0.407 e. The zero-order valence-corrected chi connectivity index (χ0v) is 34.3. The molecule has 53 heavy (non-hydrogen) atoms. The fourth-order valence-corrected chi connectivity index (χ4v) is 11.0. The van der Waals surface area contributed by atoms with Crippen LogP contribution in [0.25, 0.3) is 0 Å². The van der Waals surface area contributed by atoms with Gasteiger partial charge < -0.3 is 40.6 Å². The maximum absolute atomic E-state index is 12.7. The average Bonchev–Trinajstić information content (AvgIpc) is 3.49. The summed E-state index contributed by atoms with van der Waals surface area (Å²) in [6.45, 7) is 17.8. The fourth-order valence-electron chi connectivity index (χ4n) is 11.0. The largest absolute Gasteiger partial charge is 0.446 e. The first-order chi connectivity index (χ1) is 25.5. The topological polar surface area (TPSA) is 138 Å². The number of ether oxygens (including phenoxy) is 4. The predicted octanol–water partition coefficient (Wildman–Crippen LogP) is 7.09. The Bertz CT molecular complexity index is 1130. The number of carbonyl (C=O) groups is 2. The van der Waals surface area contributed by atoms with E-state index in [0.29, 0.717) is 84.2 Å². The molecule has 0 aromatic carbocycles. The summed E-state index contributed by atoms with van der Waals surface area (Å²) >= 11 is 0. The first kappa shape index (κ1) is 44.0. The van der Waals surface area contributed by atoms with Crippen LogP contribution >= 0.6 is 0 Å². The van der Waals surface area contributed by atoms with Crippen molar-refractivity contribution in [3.05, 3.63) is 11.6 Å². The van der Waals surface area contributed by atoms with Crippen LogP contribution in [0.5, 0.6) is 0 Å². The molecule has 0 heterocycles. The molecule has 0 bridgehead atoms. The Morgan fingerprint density at radius 2 is 1.53 bits per heavy atom. The number of rotatable bonds is 24. The van der Waals surface area contributed by atoms with E-state index in [1.165, 1.54) is 51.4 Å². The highest BCUT2D eigenvalue weighted by atomic mass is 16.6. The smallest absolute Gasteiger partial charge is 0.407 e. The van der Waals surface area contributed by atoms with Gasteiger partial charge in [0.1, 0.15) is 6.10 Å². The highest BCUT2D eigenvalue weighted by Crippen LogP contribution is 2.67. The van der Waals surface area contributed by atoms with Crippen molar-refractivity contribution in [3.63, 3.8) is 0 Å². The van der Waals surface area contributed by atoms with Gasteiger partial charge in [0.15, 0.2) is 0 Å². The number of alkyl carbamates (subject to hydrolysis) is 1. The highest BCUT2D eigenvalue weighted by molar-refractivity contribution is 5.76. The molecule has 0 aliphatic heterocycles. The summed E-state index contributed by atoms with van der Waals surface area (Å²) in [5.74, 6) is 5.05. The normalized spacial score (nSPS) is 29.9. The van der Waals surface area contributed by atoms with Gasteiger partial charge in [0.25, 0.3) is 0 Å². The van der Waals surface area contributed by atoms with Crippen molar-refractivity contribution in [2.75, 3.05) is 72.4 Å². The second kappa shape index (κ2) is 22.1. The number of nitrogens with two attached hydrogens (primary N) is 2. The molecule has 0 saturated heterocycles. The van der Waals surface area contributed by atoms with Gasteiger partial charge in [-0.1, -0.05) is 65.5 Å². The Hall–Kier alpha value is -1.72. The third-order valence-electron chi connectivity index (χ3n) is 13.9. The highest BCUT2D eigenvalue weighted by Gasteiger charge is 2.59. The minimum absolute atomic E-state index is 0.0526. The lowest BCUT2D eigenvalue weighted by Crippen LogP contribution is -2.51. The van der Waals surface area contributed by atoms with E-state index in [2.05, 4.69) is 46.0 Å². The van der Waals surface area contributed by atoms with E-state index in [4.69, 9.17) is 30.4 Å². The monoisotopic (exact) mass is 747 g/mol. The lowest BCUT2D eigenvalue weighted by Gasteiger charge is -2.58. The maximum atomic E-state index is 12.7. The molecule has 4 aliphatic carbocycles. The number of allylic oxidation sites excluding steroid dienone is 1. The minimum Gasteiger partial charge on any atom is -0.446 e. The predicted molar refractivity (Wildman–Crippen MR) is 212 cm³/mol. The number of fused-ring (bicyclic) bond motifs is 5. The number of nitrogens with zero attached hydrogens (tertiary/aromatic N) is 1. The van der Waals surface area contributed by atoms with Crippen LogP contribution in [-0.2, 0) is 23.7 Å². The van der Waals surface area contributed by atoms with Gasteiger partial charge in [-0.2, -0.15) is 0 Å². The summed E-state index contributed by atoms with van der Waals surface area (Å²) < 4.78 is 22.7. The second-order valence-electron chi connectivity index (χ2n) is 17.7. The molecule has 3 saturated carbocycles. The van der Waals surface area contributed by atoms with Gasteiger partial charge in [0.2, 0.25) is 5.91 Å². The Balaban J connectivity index is 1.06. The number of carbonyl (C=O) groups excluding carboxylic acids is 2. The molecule has 306 valence electrons. The van der Waals surface area contributed by atoms with Crippen molar-refractivity contribution in [3.8, 4) is 0 Å². The molecule has 0 unspecified atom stereocenters. The van der Waals surface area contributed by atoms with Gasteiger partial charge in [0, 0.05) is 26.1 Å². The number of amides is 2.